The zero-order valence-electron chi connectivity index (χ0n) is 27.7. The molecule has 0 atom stereocenters. The standard InChI is InChI=1S/C50H30O/c1-3-13-33(14-4-1)45-39-18-7-8-19-40(39)46(34-15-5-2-6-16-34)49-43-30-29-35(38-21-12-23-42(47(38)43)48(45)49)31-25-27-32(28-26-31)36-20-11-22-41-37-17-9-10-24-44(37)51-50(36)41/h1-30H. The molecule has 0 N–H and O–H groups in total. The Labute approximate surface area is 295 Å². The van der Waals surface area contributed by atoms with Crippen LogP contribution in [0.25, 0.3) is 110 Å². The second-order valence-corrected chi connectivity index (χ2v) is 13.5. The molecule has 1 heteroatoms. The van der Waals surface area contributed by atoms with Gasteiger partial charge in [0.25, 0.3) is 0 Å². The van der Waals surface area contributed by atoms with Gasteiger partial charge < -0.3 is 4.42 Å². The fourth-order valence-electron chi connectivity index (χ4n) is 8.67. The van der Waals surface area contributed by atoms with E-state index >= 15 is 0 Å². The number of fused-ring (bicyclic) bond motifs is 7. The normalized spacial score (nSPS) is 11.9. The number of para-hydroxylation sites is 2. The van der Waals surface area contributed by atoms with Gasteiger partial charge in [-0.1, -0.05) is 176 Å². The maximum absolute atomic E-state index is 6.39. The van der Waals surface area contributed by atoms with Gasteiger partial charge in [0, 0.05) is 16.3 Å². The summed E-state index contributed by atoms with van der Waals surface area (Å²) in [7, 11) is 0. The van der Waals surface area contributed by atoms with Crippen molar-refractivity contribution in [2.75, 3.05) is 0 Å². The summed E-state index contributed by atoms with van der Waals surface area (Å²) in [4.78, 5) is 0. The smallest absolute Gasteiger partial charge is 0.143 e. The minimum atomic E-state index is 0.921. The lowest BCUT2D eigenvalue weighted by molar-refractivity contribution is 0.670. The predicted octanol–water partition coefficient (Wildman–Crippen LogP) is 14.2. The Kier molecular flexibility index (Phi) is 6.02. The maximum Gasteiger partial charge on any atom is 0.143 e. The third kappa shape index (κ3) is 4.09. The highest BCUT2D eigenvalue weighted by Crippen LogP contribution is 2.58. The average molecular weight is 647 g/mol. The molecule has 0 saturated carbocycles. The number of benzene rings is 9. The second-order valence-electron chi connectivity index (χ2n) is 13.5. The zero-order chi connectivity index (χ0) is 33.5. The van der Waals surface area contributed by atoms with Crippen molar-refractivity contribution in [2.45, 2.75) is 0 Å². The highest BCUT2D eigenvalue weighted by Gasteiger charge is 2.31. The van der Waals surface area contributed by atoms with Crippen LogP contribution in [0.1, 0.15) is 0 Å². The lowest BCUT2D eigenvalue weighted by Gasteiger charge is -2.20. The van der Waals surface area contributed by atoms with Crippen molar-refractivity contribution in [1.82, 2.24) is 0 Å². The van der Waals surface area contributed by atoms with Gasteiger partial charge in [-0.25, -0.2) is 0 Å². The van der Waals surface area contributed by atoms with E-state index in [1.165, 1.54) is 77.2 Å². The molecule has 0 bridgehead atoms. The highest BCUT2D eigenvalue weighted by atomic mass is 16.3. The summed E-state index contributed by atoms with van der Waals surface area (Å²) in [6, 6.07) is 66.1. The molecule has 0 fully saturated rings. The van der Waals surface area contributed by atoms with E-state index in [9.17, 15) is 0 Å². The summed E-state index contributed by atoms with van der Waals surface area (Å²) in [6.07, 6.45) is 0. The topological polar surface area (TPSA) is 13.1 Å². The summed E-state index contributed by atoms with van der Waals surface area (Å²) in [6.45, 7) is 0. The molecule has 1 aromatic heterocycles. The van der Waals surface area contributed by atoms with Crippen molar-refractivity contribution in [3.05, 3.63) is 182 Å². The number of hydrogen-bond donors (Lipinski definition) is 0. The molecule has 1 aliphatic carbocycles. The van der Waals surface area contributed by atoms with E-state index in [0.29, 0.717) is 0 Å². The zero-order valence-corrected chi connectivity index (χ0v) is 27.7. The van der Waals surface area contributed by atoms with Crippen LogP contribution in [-0.4, -0.2) is 0 Å². The fourth-order valence-corrected chi connectivity index (χ4v) is 8.67. The molecule has 1 heterocycles. The van der Waals surface area contributed by atoms with E-state index in [4.69, 9.17) is 4.42 Å². The van der Waals surface area contributed by atoms with Gasteiger partial charge in [0.2, 0.25) is 0 Å². The van der Waals surface area contributed by atoms with Crippen molar-refractivity contribution in [3.63, 3.8) is 0 Å². The molecule has 51 heavy (non-hydrogen) atoms. The quantitative estimate of drug-likeness (QED) is 0.185. The summed E-state index contributed by atoms with van der Waals surface area (Å²) in [5.41, 5.74) is 16.9. The Hall–Kier alpha value is -6.70. The molecule has 0 aliphatic heterocycles. The molecule has 0 amide bonds. The molecule has 1 aliphatic rings. The molecule has 0 saturated heterocycles. The van der Waals surface area contributed by atoms with Gasteiger partial charge in [-0.3, -0.25) is 0 Å². The van der Waals surface area contributed by atoms with Gasteiger partial charge in [-0.15, -0.1) is 0 Å². The van der Waals surface area contributed by atoms with Gasteiger partial charge in [0.15, 0.2) is 0 Å². The van der Waals surface area contributed by atoms with Crippen molar-refractivity contribution >= 4 is 43.5 Å². The lowest BCUT2D eigenvalue weighted by Crippen LogP contribution is -1.93. The maximum atomic E-state index is 6.39. The van der Waals surface area contributed by atoms with Gasteiger partial charge in [-0.2, -0.15) is 0 Å². The third-order valence-electron chi connectivity index (χ3n) is 10.8. The molecule has 236 valence electrons. The van der Waals surface area contributed by atoms with Crippen LogP contribution >= 0.6 is 0 Å². The van der Waals surface area contributed by atoms with Gasteiger partial charge in [0.1, 0.15) is 11.2 Å². The first kappa shape index (κ1) is 28.2. The Morgan fingerprint density at radius 3 is 1.37 bits per heavy atom. The van der Waals surface area contributed by atoms with Crippen molar-refractivity contribution in [2.24, 2.45) is 0 Å². The van der Waals surface area contributed by atoms with Crippen LogP contribution < -0.4 is 0 Å². The van der Waals surface area contributed by atoms with E-state index in [0.717, 1.165) is 33.1 Å². The Morgan fingerprint density at radius 1 is 0.255 bits per heavy atom. The number of hydrogen-bond acceptors (Lipinski definition) is 1. The van der Waals surface area contributed by atoms with E-state index in [1.54, 1.807) is 0 Å². The van der Waals surface area contributed by atoms with Crippen LogP contribution in [0.4, 0.5) is 0 Å². The Bertz CT molecular complexity index is 2890. The molecule has 1 nitrogen and oxygen atoms in total. The predicted molar refractivity (Wildman–Crippen MR) is 215 cm³/mol. The first-order chi connectivity index (χ1) is 25.3. The summed E-state index contributed by atoms with van der Waals surface area (Å²) in [5, 5.41) is 7.46. The summed E-state index contributed by atoms with van der Waals surface area (Å²) in [5.74, 6) is 0. The monoisotopic (exact) mass is 646 g/mol. The minimum absolute atomic E-state index is 0.921. The van der Waals surface area contributed by atoms with Gasteiger partial charge >= 0.3 is 0 Å². The SMILES string of the molecule is c1ccc(-c2c3c(c(-c4ccccc4)c4ccccc24)-c2ccc(-c4ccc(-c5cccc6c5oc5ccccc56)cc4)c4cccc-3c24)cc1. The van der Waals surface area contributed by atoms with Crippen LogP contribution in [0.5, 0.6) is 0 Å². The van der Waals surface area contributed by atoms with Gasteiger partial charge in [0.05, 0.1) is 0 Å². The molecule has 11 rings (SSSR count). The largest absolute Gasteiger partial charge is 0.455 e. The molecule has 0 unspecified atom stereocenters. The molecule has 0 spiro atoms. The molecule has 9 aromatic carbocycles. The van der Waals surface area contributed by atoms with E-state index in [2.05, 4.69) is 170 Å². The lowest BCUT2D eigenvalue weighted by atomic mass is 9.82. The van der Waals surface area contributed by atoms with Crippen LogP contribution in [-0.2, 0) is 0 Å². The van der Waals surface area contributed by atoms with E-state index in [1.807, 2.05) is 12.1 Å². The summed E-state index contributed by atoms with van der Waals surface area (Å²) < 4.78 is 6.39. The first-order valence-corrected chi connectivity index (χ1v) is 17.6. The van der Waals surface area contributed by atoms with E-state index in [-0.39, 0.29) is 0 Å². The Balaban J connectivity index is 1.14. The van der Waals surface area contributed by atoms with Crippen molar-refractivity contribution < 1.29 is 4.42 Å². The molecule has 10 aromatic rings. The minimum Gasteiger partial charge on any atom is -0.455 e. The van der Waals surface area contributed by atoms with Crippen LogP contribution in [0.3, 0.4) is 0 Å². The molecule has 0 radical (unpaired) electrons. The second kappa shape index (κ2) is 10.9. The van der Waals surface area contributed by atoms with E-state index < -0.39 is 0 Å². The Morgan fingerprint density at radius 2 is 0.725 bits per heavy atom. The first-order valence-electron chi connectivity index (χ1n) is 17.6. The molecular weight excluding hydrogens is 617 g/mol. The fraction of sp³-hybridized carbons (Fsp3) is 0. The number of furan rings is 1. The van der Waals surface area contributed by atoms with Crippen LogP contribution in [0.15, 0.2) is 186 Å². The average Bonchev–Trinajstić information content (AvgIpc) is 3.75. The highest BCUT2D eigenvalue weighted by molar-refractivity contribution is 6.28. The van der Waals surface area contributed by atoms with Crippen LogP contribution in [0.2, 0.25) is 0 Å². The van der Waals surface area contributed by atoms with Crippen molar-refractivity contribution in [3.8, 4) is 66.8 Å². The number of rotatable bonds is 4. The van der Waals surface area contributed by atoms with Crippen LogP contribution in [0, 0.1) is 0 Å². The third-order valence-corrected chi connectivity index (χ3v) is 10.8. The van der Waals surface area contributed by atoms with Crippen molar-refractivity contribution in [1.29, 1.82) is 0 Å². The summed E-state index contributed by atoms with van der Waals surface area (Å²) >= 11 is 0. The van der Waals surface area contributed by atoms with Gasteiger partial charge in [-0.05, 0) is 88.8 Å². The molecular formula is C50H30O.